The lowest BCUT2D eigenvalue weighted by Gasteiger charge is -2.29. The number of sulfone groups is 1. The van der Waals surface area contributed by atoms with Crippen molar-refractivity contribution in [1.82, 2.24) is 0 Å². The first-order valence-electron chi connectivity index (χ1n) is 11.1. The molecule has 0 fully saturated rings. The molecule has 0 saturated heterocycles. The number of anilines is 1. The number of rotatable bonds is 9. The van der Waals surface area contributed by atoms with Gasteiger partial charge in [0.05, 0.1) is 31.6 Å². The van der Waals surface area contributed by atoms with Crippen molar-refractivity contribution in [2.45, 2.75) is 40.7 Å². The maximum absolute atomic E-state index is 13.9. The summed E-state index contributed by atoms with van der Waals surface area (Å²) in [7, 11) is -3.38. The molecule has 0 spiro atoms. The van der Waals surface area contributed by atoms with Gasteiger partial charge in [0.15, 0.2) is 21.3 Å². The summed E-state index contributed by atoms with van der Waals surface area (Å²) in [4.78, 5) is 15.4. The van der Waals surface area contributed by atoms with Gasteiger partial charge in [-0.05, 0) is 76.1 Å². The Labute approximate surface area is 195 Å². The number of ether oxygens (including phenoxy) is 3. The smallest absolute Gasteiger partial charge is 0.259 e. The lowest BCUT2D eigenvalue weighted by atomic mass is 10.1. The van der Waals surface area contributed by atoms with E-state index < -0.39 is 15.9 Å². The van der Waals surface area contributed by atoms with Crippen LogP contribution in [0.2, 0.25) is 0 Å². The summed E-state index contributed by atoms with van der Waals surface area (Å²) in [5.74, 6) is 0.738. The summed E-state index contributed by atoms with van der Waals surface area (Å²) in [6.45, 7) is 10.6. The van der Waals surface area contributed by atoms with E-state index in [9.17, 15) is 13.2 Å². The Hall–Kier alpha value is -3.00. The predicted octanol–water partition coefficient (Wildman–Crippen LogP) is 4.46. The fraction of sp³-hybridized carbons (Fsp3) is 0.400. The number of carbonyl (C=O) groups excluding carboxylic acids is 1. The molecular formula is C25H31NO6S. The average molecular weight is 474 g/mol. The quantitative estimate of drug-likeness (QED) is 0.535. The van der Waals surface area contributed by atoms with Crippen molar-refractivity contribution in [3.8, 4) is 17.2 Å². The van der Waals surface area contributed by atoms with E-state index in [4.69, 9.17) is 14.2 Å². The second-order valence-electron chi connectivity index (χ2n) is 7.85. The third kappa shape index (κ3) is 5.68. The summed E-state index contributed by atoms with van der Waals surface area (Å²) >= 11 is 0. The Morgan fingerprint density at radius 3 is 1.91 bits per heavy atom. The van der Waals surface area contributed by atoms with Gasteiger partial charge in [0, 0.05) is 16.7 Å². The van der Waals surface area contributed by atoms with E-state index in [1.54, 1.807) is 18.2 Å². The number of aryl methyl sites for hydroxylation is 2. The molecule has 0 aromatic heterocycles. The molecule has 1 aliphatic heterocycles. The second-order valence-corrected chi connectivity index (χ2v) is 9.78. The van der Waals surface area contributed by atoms with Gasteiger partial charge in [-0.15, -0.1) is 0 Å². The van der Waals surface area contributed by atoms with Crippen molar-refractivity contribution < 1.29 is 27.4 Å². The topological polar surface area (TPSA) is 82.1 Å². The zero-order chi connectivity index (χ0) is 24.2. The summed E-state index contributed by atoms with van der Waals surface area (Å²) in [5.41, 5.74) is 2.91. The third-order valence-corrected chi connectivity index (χ3v) is 6.48. The Kier molecular flexibility index (Phi) is 7.68. The van der Waals surface area contributed by atoms with E-state index in [-0.39, 0.29) is 11.7 Å². The highest BCUT2D eigenvalue weighted by Crippen LogP contribution is 2.40. The molecule has 0 saturated carbocycles. The van der Waals surface area contributed by atoms with E-state index in [1.165, 1.54) is 10.3 Å². The van der Waals surface area contributed by atoms with E-state index in [1.807, 2.05) is 52.8 Å². The van der Waals surface area contributed by atoms with Gasteiger partial charge in [-0.3, -0.25) is 4.79 Å². The largest absolute Gasteiger partial charge is 0.490 e. The molecule has 1 amide bonds. The van der Waals surface area contributed by atoms with Crippen LogP contribution in [0.4, 0.5) is 5.69 Å². The number of nitrogens with zero attached hydrogens (tertiary/aromatic N) is 1. The highest BCUT2D eigenvalue weighted by atomic mass is 32.2. The van der Waals surface area contributed by atoms with Gasteiger partial charge < -0.3 is 19.1 Å². The molecular weight excluding hydrogens is 442 g/mol. The fourth-order valence-corrected chi connectivity index (χ4v) is 5.19. The Bertz CT molecular complexity index is 1110. The van der Waals surface area contributed by atoms with Crippen LogP contribution < -0.4 is 19.1 Å². The van der Waals surface area contributed by atoms with Crippen LogP contribution in [0.1, 0.15) is 42.3 Å². The number of amides is 1. The molecule has 33 heavy (non-hydrogen) atoms. The van der Waals surface area contributed by atoms with E-state index in [0.717, 1.165) is 11.1 Å². The van der Waals surface area contributed by atoms with E-state index >= 15 is 0 Å². The van der Waals surface area contributed by atoms with Crippen LogP contribution in [-0.4, -0.2) is 45.9 Å². The van der Waals surface area contributed by atoms with Crippen molar-refractivity contribution in [2.24, 2.45) is 0 Å². The van der Waals surface area contributed by atoms with Gasteiger partial charge >= 0.3 is 0 Å². The molecule has 8 heteroatoms. The number of benzene rings is 2. The van der Waals surface area contributed by atoms with Gasteiger partial charge in [-0.2, -0.15) is 0 Å². The molecule has 2 aromatic rings. The highest BCUT2D eigenvalue weighted by molar-refractivity contribution is 7.94. The molecule has 0 N–H and O–H groups in total. The van der Waals surface area contributed by atoms with Gasteiger partial charge in [0.25, 0.3) is 5.91 Å². The second kappa shape index (κ2) is 10.3. The Morgan fingerprint density at radius 2 is 1.45 bits per heavy atom. The van der Waals surface area contributed by atoms with Crippen molar-refractivity contribution in [1.29, 1.82) is 0 Å². The lowest BCUT2D eigenvalue weighted by molar-refractivity contribution is 0.0982. The van der Waals surface area contributed by atoms with Gasteiger partial charge in [-0.1, -0.05) is 6.07 Å². The molecule has 0 aliphatic carbocycles. The first-order valence-corrected chi connectivity index (χ1v) is 12.8. The highest BCUT2D eigenvalue weighted by Gasteiger charge is 2.33. The lowest BCUT2D eigenvalue weighted by Crippen LogP contribution is -2.41. The summed E-state index contributed by atoms with van der Waals surface area (Å²) < 4.78 is 41.6. The molecule has 0 radical (unpaired) electrons. The van der Waals surface area contributed by atoms with Gasteiger partial charge in [0.1, 0.15) is 0 Å². The van der Waals surface area contributed by atoms with E-state index in [2.05, 4.69) is 0 Å². The molecule has 1 aliphatic rings. The minimum atomic E-state index is -3.38. The third-order valence-electron chi connectivity index (χ3n) is 5.10. The minimum Gasteiger partial charge on any atom is -0.490 e. The minimum absolute atomic E-state index is 0.167. The van der Waals surface area contributed by atoms with Crippen molar-refractivity contribution in [3.05, 3.63) is 58.5 Å². The number of hydrogen-bond donors (Lipinski definition) is 0. The Balaban J connectivity index is 2.15. The van der Waals surface area contributed by atoms with Crippen molar-refractivity contribution in [3.63, 3.8) is 0 Å². The maximum atomic E-state index is 13.9. The van der Waals surface area contributed by atoms with Crippen LogP contribution in [0.3, 0.4) is 0 Å². The van der Waals surface area contributed by atoms with Crippen LogP contribution >= 0.6 is 0 Å². The normalized spacial score (nSPS) is 16.5. The zero-order valence-electron chi connectivity index (χ0n) is 19.8. The predicted molar refractivity (Wildman–Crippen MR) is 129 cm³/mol. The van der Waals surface area contributed by atoms with Crippen LogP contribution in [0.25, 0.3) is 0 Å². The summed E-state index contributed by atoms with van der Waals surface area (Å²) in [6, 6.07) is 8.40. The van der Waals surface area contributed by atoms with Crippen LogP contribution in [0, 0.1) is 13.8 Å². The van der Waals surface area contributed by atoms with Gasteiger partial charge in [-0.25, -0.2) is 8.42 Å². The van der Waals surface area contributed by atoms with Crippen molar-refractivity contribution in [2.75, 3.05) is 30.5 Å². The first-order chi connectivity index (χ1) is 15.7. The monoisotopic (exact) mass is 473 g/mol. The van der Waals surface area contributed by atoms with E-state index in [0.29, 0.717) is 48.3 Å². The zero-order valence-corrected chi connectivity index (χ0v) is 20.6. The molecule has 0 bridgehead atoms. The van der Waals surface area contributed by atoms with Gasteiger partial charge in [0.2, 0.25) is 5.75 Å². The molecule has 1 unspecified atom stereocenters. The van der Waals surface area contributed by atoms with Crippen molar-refractivity contribution >= 4 is 21.4 Å². The maximum Gasteiger partial charge on any atom is 0.259 e. The van der Waals surface area contributed by atoms with Crippen LogP contribution in [0.15, 0.2) is 41.8 Å². The van der Waals surface area contributed by atoms with Crippen LogP contribution in [-0.2, 0) is 9.84 Å². The molecule has 1 heterocycles. The molecule has 7 nitrogen and oxygen atoms in total. The fourth-order valence-electron chi connectivity index (χ4n) is 3.92. The average Bonchev–Trinajstić information content (AvgIpc) is 3.09. The molecule has 178 valence electrons. The molecule has 2 aromatic carbocycles. The Morgan fingerprint density at radius 1 is 0.909 bits per heavy atom. The summed E-state index contributed by atoms with van der Waals surface area (Å²) in [6.07, 6.45) is 1.56. The number of hydrogen-bond acceptors (Lipinski definition) is 6. The molecule has 3 rings (SSSR count). The number of carbonyl (C=O) groups is 1. The van der Waals surface area contributed by atoms with Crippen LogP contribution in [0.5, 0.6) is 17.2 Å². The SMILES string of the molecule is CCOc1cc(C(=O)N(c2cc(C)cc(C)c2)C2C=CS(=O)(=O)C2)cc(OCC)c1OCC. The first kappa shape index (κ1) is 24.6. The molecule has 1 atom stereocenters. The summed E-state index contributed by atoms with van der Waals surface area (Å²) in [5, 5.41) is 1.18. The standard InChI is InChI=1S/C25H31NO6S/c1-6-30-22-14-19(15-23(31-7-2)24(22)32-8-3)25(27)26(20-9-10-33(28,29)16-20)21-12-17(4)11-18(5)13-21/h9-15,20H,6-8,16H2,1-5H3.